The van der Waals surface area contributed by atoms with Gasteiger partial charge in [-0.3, -0.25) is 19.3 Å². The van der Waals surface area contributed by atoms with Gasteiger partial charge in [-0.1, -0.05) is 12.1 Å². The maximum atomic E-state index is 12.3. The van der Waals surface area contributed by atoms with E-state index in [9.17, 15) is 14.4 Å². The maximum absolute atomic E-state index is 12.3. The van der Waals surface area contributed by atoms with Crippen LogP contribution in [0.15, 0.2) is 47.1 Å². The molecule has 0 spiro atoms. The number of nitrogens with one attached hydrogen (secondary N) is 1. The van der Waals surface area contributed by atoms with Crippen molar-refractivity contribution in [3.63, 3.8) is 0 Å². The van der Waals surface area contributed by atoms with E-state index in [2.05, 4.69) is 5.32 Å². The monoisotopic (exact) mass is 328 g/mol. The van der Waals surface area contributed by atoms with E-state index in [0.717, 1.165) is 0 Å². The molecule has 1 aromatic heterocycles. The molecule has 1 aromatic carbocycles. The predicted molar refractivity (Wildman–Crippen MR) is 85.4 cm³/mol. The fourth-order valence-electron chi connectivity index (χ4n) is 2.43. The van der Waals surface area contributed by atoms with Crippen LogP contribution in [0, 0.1) is 0 Å². The Hall–Kier alpha value is -3.09. The number of para-hydroxylation sites is 2. The first-order valence-corrected chi connectivity index (χ1v) is 7.51. The molecule has 7 heteroatoms. The van der Waals surface area contributed by atoms with Crippen LogP contribution in [-0.4, -0.2) is 30.9 Å². The standard InChI is InChI=1S/C17H16N2O5/c20-15-10-19(14-6-2-1-5-13(14)18-15)16(21)11-24-17(22)8-7-12-4-3-9-23-12/h1-6,9H,7-8,10-11H2,(H,18,20). The Balaban J connectivity index is 1.55. The molecule has 0 atom stereocenters. The zero-order valence-corrected chi connectivity index (χ0v) is 12.9. The summed E-state index contributed by atoms with van der Waals surface area (Å²) in [5.41, 5.74) is 1.15. The number of rotatable bonds is 5. The van der Waals surface area contributed by atoms with Gasteiger partial charge in [-0.05, 0) is 24.3 Å². The molecule has 7 nitrogen and oxygen atoms in total. The number of nitrogens with zero attached hydrogens (tertiary/aromatic N) is 1. The number of ether oxygens (including phenoxy) is 1. The van der Waals surface area contributed by atoms with E-state index < -0.39 is 18.5 Å². The number of benzene rings is 1. The number of fused-ring (bicyclic) bond motifs is 1. The molecule has 0 fully saturated rings. The Labute approximate surface area is 138 Å². The van der Waals surface area contributed by atoms with E-state index in [1.54, 1.807) is 36.4 Å². The lowest BCUT2D eigenvalue weighted by Crippen LogP contribution is -2.44. The summed E-state index contributed by atoms with van der Waals surface area (Å²) >= 11 is 0. The molecule has 2 aromatic rings. The van der Waals surface area contributed by atoms with Crippen molar-refractivity contribution in [2.75, 3.05) is 23.4 Å². The van der Waals surface area contributed by atoms with Crippen molar-refractivity contribution in [2.24, 2.45) is 0 Å². The Kier molecular flexibility index (Phi) is 4.60. The minimum absolute atomic E-state index is 0.0974. The minimum atomic E-state index is -0.491. The first-order valence-electron chi connectivity index (χ1n) is 7.51. The summed E-state index contributed by atoms with van der Waals surface area (Å²) in [6.07, 6.45) is 2.07. The molecular formula is C17H16N2O5. The highest BCUT2D eigenvalue weighted by Gasteiger charge is 2.27. The van der Waals surface area contributed by atoms with Crippen molar-refractivity contribution in [3.8, 4) is 0 Å². The number of amides is 2. The van der Waals surface area contributed by atoms with Crippen LogP contribution in [0.5, 0.6) is 0 Å². The Bertz CT molecular complexity index is 754. The van der Waals surface area contributed by atoms with Gasteiger partial charge in [0.05, 0.1) is 24.1 Å². The molecule has 124 valence electrons. The van der Waals surface area contributed by atoms with Gasteiger partial charge in [0.25, 0.3) is 5.91 Å². The van der Waals surface area contributed by atoms with E-state index in [-0.39, 0.29) is 18.9 Å². The van der Waals surface area contributed by atoms with Crippen molar-refractivity contribution in [2.45, 2.75) is 12.8 Å². The molecule has 1 N–H and O–H groups in total. The van der Waals surface area contributed by atoms with Gasteiger partial charge in [0.2, 0.25) is 5.91 Å². The summed E-state index contributed by atoms with van der Waals surface area (Å²) in [5.74, 6) is -0.538. The van der Waals surface area contributed by atoms with Crippen LogP contribution < -0.4 is 10.2 Å². The number of carbonyl (C=O) groups excluding carboxylic acids is 3. The average molecular weight is 328 g/mol. The second-order valence-corrected chi connectivity index (χ2v) is 5.29. The molecule has 1 aliphatic rings. The fraction of sp³-hybridized carbons (Fsp3) is 0.235. The number of furan rings is 1. The summed E-state index contributed by atoms with van der Waals surface area (Å²) in [4.78, 5) is 37.0. The zero-order chi connectivity index (χ0) is 16.9. The van der Waals surface area contributed by atoms with Crippen LogP contribution in [0.2, 0.25) is 0 Å². The molecule has 24 heavy (non-hydrogen) atoms. The summed E-state index contributed by atoms with van der Waals surface area (Å²) in [6.45, 7) is -0.502. The topological polar surface area (TPSA) is 88.8 Å². The normalized spacial score (nSPS) is 13.2. The lowest BCUT2D eigenvalue weighted by Gasteiger charge is -2.28. The third-order valence-corrected chi connectivity index (χ3v) is 3.58. The van der Waals surface area contributed by atoms with Crippen LogP contribution in [0.25, 0.3) is 0 Å². The highest BCUT2D eigenvalue weighted by molar-refractivity contribution is 6.10. The van der Waals surface area contributed by atoms with Crippen molar-refractivity contribution < 1.29 is 23.5 Å². The van der Waals surface area contributed by atoms with Crippen LogP contribution in [0.3, 0.4) is 0 Å². The van der Waals surface area contributed by atoms with Gasteiger partial charge in [0.1, 0.15) is 12.3 Å². The number of hydrogen-bond donors (Lipinski definition) is 1. The highest BCUT2D eigenvalue weighted by Crippen LogP contribution is 2.28. The lowest BCUT2D eigenvalue weighted by atomic mass is 10.2. The molecule has 0 saturated carbocycles. The summed E-state index contributed by atoms with van der Waals surface area (Å²) in [6, 6.07) is 10.5. The van der Waals surface area contributed by atoms with Gasteiger partial charge >= 0.3 is 5.97 Å². The van der Waals surface area contributed by atoms with Gasteiger partial charge in [-0.25, -0.2) is 0 Å². The fourth-order valence-corrected chi connectivity index (χ4v) is 2.43. The largest absolute Gasteiger partial charge is 0.469 e. The molecule has 0 saturated heterocycles. The Morgan fingerprint density at radius 2 is 2.04 bits per heavy atom. The summed E-state index contributed by atoms with van der Waals surface area (Å²) in [5, 5.41) is 2.69. The van der Waals surface area contributed by atoms with Gasteiger partial charge < -0.3 is 14.5 Å². The molecular weight excluding hydrogens is 312 g/mol. The molecule has 2 amide bonds. The van der Waals surface area contributed by atoms with Crippen LogP contribution in [-0.2, 0) is 25.5 Å². The van der Waals surface area contributed by atoms with Crippen molar-refractivity contribution >= 4 is 29.2 Å². The van der Waals surface area contributed by atoms with Crippen molar-refractivity contribution in [3.05, 3.63) is 48.4 Å². The first-order chi connectivity index (χ1) is 11.6. The van der Waals surface area contributed by atoms with Gasteiger partial charge in [-0.2, -0.15) is 0 Å². The predicted octanol–water partition coefficient (Wildman–Crippen LogP) is 1.74. The molecule has 0 bridgehead atoms. The molecule has 0 radical (unpaired) electrons. The average Bonchev–Trinajstić information content (AvgIpc) is 3.10. The first kappa shape index (κ1) is 15.8. The molecule has 3 rings (SSSR count). The van der Waals surface area contributed by atoms with Crippen LogP contribution >= 0.6 is 0 Å². The second kappa shape index (κ2) is 6.99. The van der Waals surface area contributed by atoms with Crippen molar-refractivity contribution in [1.82, 2.24) is 0 Å². The molecule has 0 unspecified atom stereocenters. The Morgan fingerprint density at radius 3 is 2.83 bits per heavy atom. The molecule has 2 heterocycles. The lowest BCUT2D eigenvalue weighted by molar-refractivity contribution is -0.147. The summed E-state index contributed by atoms with van der Waals surface area (Å²) < 4.78 is 10.1. The van der Waals surface area contributed by atoms with E-state index >= 15 is 0 Å². The maximum Gasteiger partial charge on any atom is 0.306 e. The van der Waals surface area contributed by atoms with Gasteiger partial charge in [0, 0.05) is 6.42 Å². The number of carbonyl (C=O) groups is 3. The van der Waals surface area contributed by atoms with E-state index in [4.69, 9.17) is 9.15 Å². The molecule has 0 aliphatic carbocycles. The number of esters is 1. The number of hydrogen-bond acceptors (Lipinski definition) is 5. The third-order valence-electron chi connectivity index (χ3n) is 3.58. The Morgan fingerprint density at radius 1 is 1.21 bits per heavy atom. The quantitative estimate of drug-likeness (QED) is 0.845. The van der Waals surface area contributed by atoms with Crippen LogP contribution in [0.4, 0.5) is 11.4 Å². The molecule has 1 aliphatic heterocycles. The number of anilines is 2. The zero-order valence-electron chi connectivity index (χ0n) is 12.9. The van der Waals surface area contributed by atoms with Gasteiger partial charge in [-0.15, -0.1) is 0 Å². The van der Waals surface area contributed by atoms with Gasteiger partial charge in [0.15, 0.2) is 6.61 Å². The minimum Gasteiger partial charge on any atom is -0.469 e. The van der Waals surface area contributed by atoms with Crippen molar-refractivity contribution in [1.29, 1.82) is 0 Å². The number of aryl methyl sites for hydroxylation is 1. The second-order valence-electron chi connectivity index (χ2n) is 5.29. The summed E-state index contributed by atoms with van der Waals surface area (Å²) in [7, 11) is 0. The van der Waals surface area contributed by atoms with E-state index in [1.165, 1.54) is 11.2 Å². The highest BCUT2D eigenvalue weighted by atomic mass is 16.5. The van der Waals surface area contributed by atoms with E-state index in [1.807, 2.05) is 0 Å². The van der Waals surface area contributed by atoms with Crippen LogP contribution in [0.1, 0.15) is 12.2 Å². The third kappa shape index (κ3) is 3.62. The smallest absolute Gasteiger partial charge is 0.306 e. The SMILES string of the molecule is O=C1CN(C(=O)COC(=O)CCc2ccco2)c2ccccc2N1. The van der Waals surface area contributed by atoms with E-state index in [0.29, 0.717) is 23.6 Å².